The molecule has 0 spiro atoms. The van der Waals surface area contributed by atoms with Crippen LogP contribution in [0.4, 0.5) is 4.79 Å². The number of carbonyl (C=O) groups excluding carboxylic acids is 2. The number of hydrogen-bond donors (Lipinski definition) is 0. The Labute approximate surface area is 170 Å². The summed E-state index contributed by atoms with van der Waals surface area (Å²) in [5.74, 6) is -0.299. The third kappa shape index (κ3) is 7.48. The second-order valence-corrected chi connectivity index (χ2v) is 8.22. The standard InChI is InChI=1S/C23H39NO4/c1-3-4-5-6-7-8-9-10-11-12-13-14-15-20-16-17-24-21(18-27-23(24)26)22(20)28-19(2)25/h15,21-22H,3-14,16-18H2,1-2H3/b20-15-/t21-,22+/m0/s1. The average Bonchev–Trinajstić information content (AvgIpc) is 3.05. The van der Waals surface area contributed by atoms with E-state index in [4.69, 9.17) is 9.47 Å². The molecule has 28 heavy (non-hydrogen) atoms. The molecule has 2 aliphatic rings. The molecule has 2 rings (SSSR count). The Morgan fingerprint density at radius 2 is 1.68 bits per heavy atom. The minimum absolute atomic E-state index is 0.159. The van der Waals surface area contributed by atoms with Gasteiger partial charge in [-0.15, -0.1) is 0 Å². The van der Waals surface area contributed by atoms with Crippen molar-refractivity contribution in [1.82, 2.24) is 4.90 Å². The third-order valence-electron chi connectivity index (χ3n) is 5.88. The van der Waals surface area contributed by atoms with Crippen molar-refractivity contribution in [1.29, 1.82) is 0 Å². The molecule has 0 aromatic heterocycles. The van der Waals surface area contributed by atoms with Gasteiger partial charge in [-0.1, -0.05) is 77.2 Å². The molecule has 160 valence electrons. The number of rotatable bonds is 13. The van der Waals surface area contributed by atoms with Crippen LogP contribution >= 0.6 is 0 Å². The van der Waals surface area contributed by atoms with Gasteiger partial charge in [-0.05, 0) is 24.8 Å². The van der Waals surface area contributed by atoms with Crippen molar-refractivity contribution in [2.24, 2.45) is 0 Å². The van der Waals surface area contributed by atoms with Crippen LogP contribution in [0.3, 0.4) is 0 Å². The average molecular weight is 394 g/mol. The van der Waals surface area contributed by atoms with E-state index in [1.54, 1.807) is 4.90 Å². The summed E-state index contributed by atoms with van der Waals surface area (Å²) in [6.07, 6.45) is 18.1. The number of hydrogen-bond acceptors (Lipinski definition) is 4. The van der Waals surface area contributed by atoms with Crippen molar-refractivity contribution >= 4 is 12.1 Å². The van der Waals surface area contributed by atoms with Crippen LogP contribution in [0.1, 0.15) is 97.3 Å². The third-order valence-corrected chi connectivity index (χ3v) is 5.88. The van der Waals surface area contributed by atoms with Gasteiger partial charge in [0.1, 0.15) is 18.8 Å². The molecule has 0 bridgehead atoms. The van der Waals surface area contributed by atoms with E-state index < -0.39 is 0 Å². The lowest BCUT2D eigenvalue weighted by Gasteiger charge is -2.35. The quantitative estimate of drug-likeness (QED) is 0.226. The van der Waals surface area contributed by atoms with E-state index in [-0.39, 0.29) is 24.2 Å². The van der Waals surface area contributed by atoms with Crippen molar-refractivity contribution in [3.05, 3.63) is 11.6 Å². The zero-order valence-corrected chi connectivity index (χ0v) is 17.9. The van der Waals surface area contributed by atoms with E-state index in [0.29, 0.717) is 13.2 Å². The van der Waals surface area contributed by atoms with E-state index in [0.717, 1.165) is 18.4 Å². The molecule has 2 atom stereocenters. The molecule has 2 fully saturated rings. The molecule has 0 aromatic carbocycles. The summed E-state index contributed by atoms with van der Waals surface area (Å²) in [5, 5.41) is 0. The van der Waals surface area contributed by atoms with Crippen LogP contribution in [-0.4, -0.2) is 42.3 Å². The molecule has 5 nitrogen and oxygen atoms in total. The van der Waals surface area contributed by atoms with Gasteiger partial charge in [0, 0.05) is 13.5 Å². The van der Waals surface area contributed by atoms with Gasteiger partial charge in [-0.25, -0.2) is 4.79 Å². The van der Waals surface area contributed by atoms with Crippen LogP contribution in [-0.2, 0) is 14.3 Å². The lowest BCUT2D eigenvalue weighted by Crippen LogP contribution is -2.49. The molecular weight excluding hydrogens is 354 g/mol. The Balaban J connectivity index is 1.61. The van der Waals surface area contributed by atoms with Crippen molar-refractivity contribution in [2.45, 2.75) is 109 Å². The highest BCUT2D eigenvalue weighted by Crippen LogP contribution is 2.30. The largest absolute Gasteiger partial charge is 0.456 e. The SMILES string of the molecule is CCCCCCCCCCCCC/C=C1/CCN2C(=O)OC[C@H]2[C@@H]1OC(C)=O. The number of esters is 1. The number of carbonyl (C=O) groups is 2. The summed E-state index contributed by atoms with van der Waals surface area (Å²) in [6.45, 7) is 4.66. The maximum absolute atomic E-state index is 11.8. The molecule has 0 aromatic rings. The fourth-order valence-corrected chi connectivity index (χ4v) is 4.26. The van der Waals surface area contributed by atoms with Crippen LogP contribution in [0.25, 0.3) is 0 Å². The number of fused-ring (bicyclic) bond motifs is 1. The number of unbranched alkanes of at least 4 members (excludes halogenated alkanes) is 11. The predicted molar refractivity (Wildman–Crippen MR) is 111 cm³/mol. The molecule has 5 heteroatoms. The fourth-order valence-electron chi connectivity index (χ4n) is 4.26. The highest BCUT2D eigenvalue weighted by Gasteiger charge is 2.44. The molecular formula is C23H39NO4. The molecule has 0 N–H and O–H groups in total. The number of cyclic esters (lactones) is 1. The number of allylic oxidation sites excluding steroid dienone is 1. The molecule has 2 aliphatic heterocycles. The lowest BCUT2D eigenvalue weighted by molar-refractivity contribution is -0.147. The first-order valence-corrected chi connectivity index (χ1v) is 11.4. The zero-order chi connectivity index (χ0) is 20.2. The molecule has 2 saturated heterocycles. The van der Waals surface area contributed by atoms with Gasteiger partial charge in [0.15, 0.2) is 0 Å². The van der Waals surface area contributed by atoms with Gasteiger partial charge in [-0.3, -0.25) is 9.69 Å². The summed E-state index contributed by atoms with van der Waals surface area (Å²) < 4.78 is 10.7. The molecule has 0 radical (unpaired) electrons. The fraction of sp³-hybridized carbons (Fsp3) is 0.826. The highest BCUT2D eigenvalue weighted by molar-refractivity contribution is 5.71. The first-order valence-electron chi connectivity index (χ1n) is 11.4. The van der Waals surface area contributed by atoms with E-state index in [9.17, 15) is 9.59 Å². The second-order valence-electron chi connectivity index (χ2n) is 8.22. The van der Waals surface area contributed by atoms with Gasteiger partial charge < -0.3 is 9.47 Å². The van der Waals surface area contributed by atoms with Crippen LogP contribution in [0.15, 0.2) is 11.6 Å². The topological polar surface area (TPSA) is 55.8 Å². The Morgan fingerprint density at radius 1 is 1.07 bits per heavy atom. The van der Waals surface area contributed by atoms with Crippen molar-refractivity contribution < 1.29 is 19.1 Å². The van der Waals surface area contributed by atoms with E-state index >= 15 is 0 Å². The first kappa shape index (κ1) is 22.8. The van der Waals surface area contributed by atoms with Gasteiger partial charge >= 0.3 is 12.1 Å². The van der Waals surface area contributed by atoms with Crippen LogP contribution < -0.4 is 0 Å². The Hall–Kier alpha value is -1.52. The minimum atomic E-state index is -0.342. The molecule has 0 aliphatic carbocycles. The Kier molecular flexibility index (Phi) is 10.4. The Bertz CT molecular complexity index is 517. The monoisotopic (exact) mass is 393 g/mol. The normalized spacial score (nSPS) is 23.0. The molecule has 1 amide bonds. The summed E-state index contributed by atoms with van der Waals surface area (Å²) >= 11 is 0. The summed E-state index contributed by atoms with van der Waals surface area (Å²) in [4.78, 5) is 25.0. The summed E-state index contributed by atoms with van der Waals surface area (Å²) in [5.41, 5.74) is 1.15. The number of nitrogens with zero attached hydrogens (tertiary/aromatic N) is 1. The smallest absolute Gasteiger partial charge is 0.410 e. The highest BCUT2D eigenvalue weighted by atomic mass is 16.6. The number of piperidine rings is 1. The first-order chi connectivity index (χ1) is 13.6. The van der Waals surface area contributed by atoms with Crippen LogP contribution in [0.2, 0.25) is 0 Å². The van der Waals surface area contributed by atoms with Crippen molar-refractivity contribution in [3.8, 4) is 0 Å². The van der Waals surface area contributed by atoms with E-state index in [1.807, 2.05) is 0 Å². The zero-order valence-electron chi connectivity index (χ0n) is 17.9. The van der Waals surface area contributed by atoms with Gasteiger partial charge in [0.2, 0.25) is 0 Å². The minimum Gasteiger partial charge on any atom is -0.456 e. The number of amides is 1. The second kappa shape index (κ2) is 12.8. The van der Waals surface area contributed by atoms with Gasteiger partial charge in [-0.2, -0.15) is 0 Å². The summed E-state index contributed by atoms with van der Waals surface area (Å²) in [6, 6.07) is -0.159. The Morgan fingerprint density at radius 3 is 2.29 bits per heavy atom. The maximum Gasteiger partial charge on any atom is 0.410 e. The van der Waals surface area contributed by atoms with E-state index in [1.165, 1.54) is 77.6 Å². The molecule has 0 unspecified atom stereocenters. The van der Waals surface area contributed by atoms with Gasteiger partial charge in [0.25, 0.3) is 0 Å². The van der Waals surface area contributed by atoms with Crippen LogP contribution in [0.5, 0.6) is 0 Å². The molecule has 2 heterocycles. The van der Waals surface area contributed by atoms with E-state index in [2.05, 4.69) is 13.0 Å². The van der Waals surface area contributed by atoms with Crippen LogP contribution in [0, 0.1) is 0 Å². The summed E-state index contributed by atoms with van der Waals surface area (Å²) in [7, 11) is 0. The lowest BCUT2D eigenvalue weighted by atomic mass is 9.93. The predicted octanol–water partition coefficient (Wildman–Crippen LogP) is 5.77. The van der Waals surface area contributed by atoms with Gasteiger partial charge in [0.05, 0.1) is 0 Å². The number of ether oxygens (including phenoxy) is 2. The van der Waals surface area contributed by atoms with Crippen molar-refractivity contribution in [2.75, 3.05) is 13.2 Å². The molecule has 0 saturated carbocycles. The maximum atomic E-state index is 11.8. The van der Waals surface area contributed by atoms with Crippen molar-refractivity contribution in [3.63, 3.8) is 0 Å².